The zero-order valence-corrected chi connectivity index (χ0v) is 13.9. The highest BCUT2D eigenvalue weighted by atomic mass is 16.2. The van der Waals surface area contributed by atoms with Crippen LogP contribution in [-0.4, -0.2) is 25.7 Å². The number of aromatic nitrogens is 4. The summed E-state index contributed by atoms with van der Waals surface area (Å²) in [6, 6.07) is 12.9. The molecule has 0 saturated heterocycles. The second kappa shape index (κ2) is 6.29. The summed E-state index contributed by atoms with van der Waals surface area (Å²) in [7, 11) is 0. The quantitative estimate of drug-likeness (QED) is 0.597. The van der Waals surface area contributed by atoms with Crippen LogP contribution in [0.3, 0.4) is 0 Å². The Morgan fingerprint density at radius 1 is 1.15 bits per heavy atom. The van der Waals surface area contributed by atoms with Gasteiger partial charge in [-0.1, -0.05) is 18.2 Å². The van der Waals surface area contributed by atoms with E-state index < -0.39 is 5.91 Å². The summed E-state index contributed by atoms with van der Waals surface area (Å²) >= 11 is 0. The molecule has 7 nitrogen and oxygen atoms in total. The summed E-state index contributed by atoms with van der Waals surface area (Å²) < 4.78 is 1.65. The lowest BCUT2D eigenvalue weighted by Gasteiger charge is -2.04. The fourth-order valence-electron chi connectivity index (χ4n) is 2.68. The first-order valence-electron chi connectivity index (χ1n) is 8.02. The standard InChI is InChI=1S/C19H15N5O2/c1-12-7-8-15-17(25)16(10-20-18(15)22-12)19(26)23-13-9-21-24(11-13)14-5-3-2-4-6-14/h2-11H,1H3,(H,23,26)(H,20,22,25). The number of amides is 1. The van der Waals surface area contributed by atoms with Crippen LogP contribution in [-0.2, 0) is 0 Å². The number of aryl methyl sites for hydroxylation is 1. The Labute approximate surface area is 148 Å². The normalized spacial score (nSPS) is 10.8. The van der Waals surface area contributed by atoms with Gasteiger partial charge in [0, 0.05) is 11.9 Å². The summed E-state index contributed by atoms with van der Waals surface area (Å²) in [5, 5.41) is 7.30. The number of hydrogen-bond donors (Lipinski definition) is 2. The van der Waals surface area contributed by atoms with E-state index in [9.17, 15) is 9.59 Å². The summed E-state index contributed by atoms with van der Waals surface area (Å²) in [6.45, 7) is 1.84. The number of aromatic amines is 1. The van der Waals surface area contributed by atoms with Gasteiger partial charge in [-0.25, -0.2) is 9.67 Å². The molecule has 0 aliphatic carbocycles. The number of para-hydroxylation sites is 1. The Balaban J connectivity index is 1.62. The van der Waals surface area contributed by atoms with Gasteiger partial charge < -0.3 is 10.3 Å². The number of rotatable bonds is 3. The van der Waals surface area contributed by atoms with Gasteiger partial charge in [-0.3, -0.25) is 9.59 Å². The van der Waals surface area contributed by atoms with Crippen molar-refractivity contribution in [1.29, 1.82) is 0 Å². The molecule has 0 saturated carbocycles. The highest BCUT2D eigenvalue weighted by Gasteiger charge is 2.14. The van der Waals surface area contributed by atoms with Crippen LogP contribution >= 0.6 is 0 Å². The second-order valence-electron chi connectivity index (χ2n) is 5.84. The molecule has 0 bridgehead atoms. The van der Waals surface area contributed by atoms with Crippen molar-refractivity contribution in [3.8, 4) is 5.69 Å². The largest absolute Gasteiger partial charge is 0.345 e. The number of benzene rings is 1. The van der Waals surface area contributed by atoms with E-state index in [-0.39, 0.29) is 11.0 Å². The lowest BCUT2D eigenvalue weighted by Crippen LogP contribution is -2.22. The van der Waals surface area contributed by atoms with E-state index in [1.807, 2.05) is 37.3 Å². The van der Waals surface area contributed by atoms with Crippen molar-refractivity contribution in [1.82, 2.24) is 19.7 Å². The summed E-state index contributed by atoms with van der Waals surface area (Å²) in [5.41, 5.74) is 2.29. The van der Waals surface area contributed by atoms with Crippen LogP contribution in [0.5, 0.6) is 0 Å². The fraction of sp³-hybridized carbons (Fsp3) is 0.0526. The second-order valence-corrected chi connectivity index (χ2v) is 5.84. The lowest BCUT2D eigenvalue weighted by molar-refractivity contribution is 0.102. The van der Waals surface area contributed by atoms with Crippen molar-refractivity contribution < 1.29 is 4.79 Å². The van der Waals surface area contributed by atoms with Crippen molar-refractivity contribution in [3.05, 3.63) is 82.5 Å². The van der Waals surface area contributed by atoms with Gasteiger partial charge in [0.15, 0.2) is 0 Å². The molecule has 4 rings (SSSR count). The molecular formula is C19H15N5O2. The Hall–Kier alpha value is -3.74. The number of pyridine rings is 2. The average Bonchev–Trinajstić information content (AvgIpc) is 3.11. The SMILES string of the molecule is Cc1ccc2c(=O)c(C(=O)Nc3cnn(-c4ccccc4)c3)c[nH]c2n1. The van der Waals surface area contributed by atoms with Crippen LogP contribution in [0, 0.1) is 6.92 Å². The summed E-state index contributed by atoms with van der Waals surface area (Å²) in [4.78, 5) is 32.2. The van der Waals surface area contributed by atoms with Crippen LogP contribution in [0.15, 0.2) is 65.8 Å². The minimum atomic E-state index is -0.499. The molecule has 2 N–H and O–H groups in total. The van der Waals surface area contributed by atoms with Crippen molar-refractivity contribution in [2.45, 2.75) is 6.92 Å². The number of fused-ring (bicyclic) bond motifs is 1. The minimum absolute atomic E-state index is 0.0237. The van der Waals surface area contributed by atoms with E-state index in [0.717, 1.165) is 11.4 Å². The molecule has 0 aliphatic heterocycles. The Bertz CT molecular complexity index is 1160. The molecule has 0 radical (unpaired) electrons. The lowest BCUT2D eigenvalue weighted by atomic mass is 10.2. The molecule has 0 spiro atoms. The molecule has 128 valence electrons. The minimum Gasteiger partial charge on any atom is -0.345 e. The molecule has 7 heteroatoms. The maximum absolute atomic E-state index is 12.6. The molecule has 0 atom stereocenters. The number of carbonyl (C=O) groups is 1. The van der Waals surface area contributed by atoms with E-state index in [4.69, 9.17) is 0 Å². The number of carbonyl (C=O) groups excluding carboxylic acids is 1. The number of nitrogens with zero attached hydrogens (tertiary/aromatic N) is 3. The third-order valence-electron chi connectivity index (χ3n) is 3.98. The Morgan fingerprint density at radius 3 is 2.77 bits per heavy atom. The molecule has 1 aromatic carbocycles. The smallest absolute Gasteiger partial charge is 0.261 e. The molecule has 3 heterocycles. The van der Waals surface area contributed by atoms with E-state index >= 15 is 0 Å². The summed E-state index contributed by atoms with van der Waals surface area (Å²) in [5.74, 6) is -0.499. The van der Waals surface area contributed by atoms with Crippen molar-refractivity contribution in [3.63, 3.8) is 0 Å². The zero-order chi connectivity index (χ0) is 18.1. The third kappa shape index (κ3) is 2.86. The van der Waals surface area contributed by atoms with Gasteiger partial charge in [-0.2, -0.15) is 5.10 Å². The molecule has 3 aromatic heterocycles. The van der Waals surface area contributed by atoms with E-state index in [2.05, 4.69) is 20.4 Å². The molecule has 1 amide bonds. The van der Waals surface area contributed by atoms with Gasteiger partial charge in [0.05, 0.1) is 29.2 Å². The molecule has 26 heavy (non-hydrogen) atoms. The molecule has 0 aliphatic rings. The van der Waals surface area contributed by atoms with Gasteiger partial charge in [0.2, 0.25) is 5.43 Å². The predicted molar refractivity (Wildman–Crippen MR) is 98.6 cm³/mol. The number of nitrogens with one attached hydrogen (secondary N) is 2. The fourth-order valence-corrected chi connectivity index (χ4v) is 2.68. The van der Waals surface area contributed by atoms with E-state index in [1.165, 1.54) is 12.4 Å². The predicted octanol–water partition coefficient (Wildman–Crippen LogP) is 2.67. The Kier molecular flexibility index (Phi) is 3.81. The first kappa shape index (κ1) is 15.8. The van der Waals surface area contributed by atoms with Gasteiger partial charge in [0.25, 0.3) is 5.91 Å². The van der Waals surface area contributed by atoms with Crippen LogP contribution in [0.25, 0.3) is 16.7 Å². The number of anilines is 1. The molecule has 4 aromatic rings. The summed E-state index contributed by atoms with van der Waals surface area (Å²) in [6.07, 6.45) is 4.60. The van der Waals surface area contributed by atoms with Gasteiger partial charge in [-0.05, 0) is 31.2 Å². The van der Waals surface area contributed by atoms with E-state index in [0.29, 0.717) is 16.7 Å². The molecule has 0 fully saturated rings. The van der Waals surface area contributed by atoms with E-state index in [1.54, 1.807) is 23.0 Å². The monoisotopic (exact) mass is 345 g/mol. The van der Waals surface area contributed by atoms with Crippen LogP contribution in [0.2, 0.25) is 0 Å². The number of H-pyrrole nitrogens is 1. The van der Waals surface area contributed by atoms with Crippen molar-refractivity contribution in [2.24, 2.45) is 0 Å². The maximum Gasteiger partial charge on any atom is 0.261 e. The first-order valence-corrected chi connectivity index (χ1v) is 8.02. The van der Waals surface area contributed by atoms with Gasteiger partial charge >= 0.3 is 0 Å². The topological polar surface area (TPSA) is 92.7 Å². The number of hydrogen-bond acceptors (Lipinski definition) is 4. The molecular weight excluding hydrogens is 330 g/mol. The average molecular weight is 345 g/mol. The highest BCUT2D eigenvalue weighted by molar-refractivity contribution is 6.05. The van der Waals surface area contributed by atoms with Crippen molar-refractivity contribution in [2.75, 3.05) is 5.32 Å². The van der Waals surface area contributed by atoms with Crippen LogP contribution in [0.4, 0.5) is 5.69 Å². The highest BCUT2D eigenvalue weighted by Crippen LogP contribution is 2.13. The van der Waals surface area contributed by atoms with Gasteiger partial charge in [-0.15, -0.1) is 0 Å². The first-order chi connectivity index (χ1) is 12.6. The molecule has 0 unspecified atom stereocenters. The third-order valence-corrected chi connectivity index (χ3v) is 3.98. The van der Waals surface area contributed by atoms with Crippen LogP contribution < -0.4 is 10.7 Å². The van der Waals surface area contributed by atoms with Crippen LogP contribution in [0.1, 0.15) is 16.1 Å². The Morgan fingerprint density at radius 2 is 1.96 bits per heavy atom. The van der Waals surface area contributed by atoms with Gasteiger partial charge in [0.1, 0.15) is 11.2 Å². The zero-order valence-electron chi connectivity index (χ0n) is 13.9. The maximum atomic E-state index is 12.6. The van der Waals surface area contributed by atoms with Crippen molar-refractivity contribution >= 4 is 22.6 Å².